The molecule has 1 radical (unpaired) electrons. The summed E-state index contributed by atoms with van der Waals surface area (Å²) in [7, 11) is 1.00. The van der Waals surface area contributed by atoms with Crippen LogP contribution in [0.25, 0.3) is 0 Å². The minimum Gasteiger partial charge on any atom is -0.508 e. The third-order valence-corrected chi connectivity index (χ3v) is 7.42. The van der Waals surface area contributed by atoms with Crippen molar-refractivity contribution < 1.29 is 82.5 Å². The molecule has 0 unspecified atom stereocenters. The number of Topliss-reactive ketones (excluding diaryl/α,β-unsaturated/α-hetero) is 2. The predicted molar refractivity (Wildman–Crippen MR) is 198 cm³/mol. The van der Waals surface area contributed by atoms with Crippen LogP contribution in [0.4, 0.5) is 0 Å². The minimum absolute atomic E-state index is 0. The molecule has 1 aliphatic rings. The molecule has 0 aliphatic heterocycles. The predicted octanol–water partition coefficient (Wildman–Crippen LogP) is 7.22. The van der Waals surface area contributed by atoms with Gasteiger partial charge in [-0.25, -0.2) is 9.59 Å². The van der Waals surface area contributed by atoms with Gasteiger partial charge in [0.1, 0.15) is 23.2 Å². The van der Waals surface area contributed by atoms with E-state index in [-0.39, 0.29) is 61.5 Å². The molecule has 7 rings (SSSR count). The van der Waals surface area contributed by atoms with E-state index in [0.717, 1.165) is 24.7 Å². The van der Waals surface area contributed by atoms with Crippen molar-refractivity contribution in [3.05, 3.63) is 197 Å². The number of carboxylic acids is 2. The van der Waals surface area contributed by atoms with Gasteiger partial charge in [-0.05, 0) is 70.6 Å². The number of benzene rings is 6. The van der Waals surface area contributed by atoms with E-state index in [1.807, 2.05) is 24.3 Å². The number of carboxylic acid groups (broad SMARTS) is 2. The van der Waals surface area contributed by atoms with Gasteiger partial charge in [0.15, 0.2) is 11.6 Å². The summed E-state index contributed by atoms with van der Waals surface area (Å²) >= 11 is 0. The second-order valence-corrected chi connectivity index (χ2v) is 11.0. The summed E-state index contributed by atoms with van der Waals surface area (Å²) in [6.45, 7) is 0. The number of rotatable bonds is 5. The van der Waals surface area contributed by atoms with E-state index < -0.39 is 17.9 Å². The van der Waals surface area contributed by atoms with E-state index in [9.17, 15) is 24.3 Å². The Bertz CT molecular complexity index is 1940. The Morgan fingerprint density at radius 3 is 1.13 bits per heavy atom. The van der Waals surface area contributed by atoms with Crippen LogP contribution in [-0.2, 0) is 39.1 Å². The molecule has 0 saturated carbocycles. The van der Waals surface area contributed by atoms with Gasteiger partial charge in [-0.1, -0.05) is 60.7 Å². The van der Waals surface area contributed by atoms with Gasteiger partial charge in [0.25, 0.3) is 0 Å². The summed E-state index contributed by atoms with van der Waals surface area (Å²) in [5.74, 6) is -2.21. The summed E-state index contributed by atoms with van der Waals surface area (Å²) in [5.41, 5.74) is 4.47. The smallest absolute Gasteiger partial charge is 0.311 e. The summed E-state index contributed by atoms with van der Waals surface area (Å²) < 4.78 is 0. The van der Waals surface area contributed by atoms with Gasteiger partial charge in [-0.2, -0.15) is 60.7 Å². The van der Waals surface area contributed by atoms with E-state index in [1.165, 1.54) is 36.4 Å². The normalized spacial score (nSPS) is 10.9. The molecule has 54 heavy (non-hydrogen) atoms. The van der Waals surface area contributed by atoms with Crippen LogP contribution in [0, 0.1) is 12.1 Å². The number of aliphatic hydroxyl groups is 1. The van der Waals surface area contributed by atoms with Crippen LogP contribution in [-0.4, -0.2) is 61.3 Å². The Kier molecular flexibility index (Phi) is 18.7. The summed E-state index contributed by atoms with van der Waals surface area (Å²) in [6.07, 6.45) is 0.806. The zero-order chi connectivity index (χ0) is 38.8. The zero-order valence-electron chi connectivity index (χ0n) is 29.0. The number of aliphatic hydroxyl groups excluding tert-OH is 1. The van der Waals surface area contributed by atoms with Gasteiger partial charge in [0.2, 0.25) is 0 Å². The van der Waals surface area contributed by atoms with Gasteiger partial charge in [-0.15, -0.1) is 0 Å². The molecule has 6 aromatic rings. The van der Waals surface area contributed by atoms with Crippen LogP contribution in [0.5, 0.6) is 17.2 Å². The third-order valence-electron chi connectivity index (χ3n) is 7.42. The molecule has 1 aliphatic carbocycles. The quantitative estimate of drug-likeness (QED) is 0.0767. The first kappa shape index (κ1) is 44.2. The second kappa shape index (κ2) is 22.9. The van der Waals surface area contributed by atoms with Gasteiger partial charge in [0, 0.05) is 50.9 Å². The molecular formula is C43H36O10Y-2. The number of ketones is 2. The fourth-order valence-corrected chi connectivity index (χ4v) is 4.83. The summed E-state index contributed by atoms with van der Waals surface area (Å²) in [5, 5.41) is 51.2. The molecule has 0 heterocycles. The monoisotopic (exact) mass is 801 g/mol. The van der Waals surface area contributed by atoms with Gasteiger partial charge < -0.3 is 30.6 Å². The van der Waals surface area contributed by atoms with Crippen molar-refractivity contribution in [2.24, 2.45) is 0 Å². The SMILES string of the molecule is CO.O=C(O)c1cc[c-]cc1.O=C(O)c1cc[c-]cc1.O=C1c2ccccc2C(=O)C1c1ccc(O)cc1.Oc1ccc(Cc2ccc(O)cc2)cc1.[Y]. The molecule has 0 saturated heterocycles. The molecule has 0 fully saturated rings. The van der Waals surface area contributed by atoms with E-state index in [2.05, 4.69) is 12.1 Å². The average molecular weight is 802 g/mol. The van der Waals surface area contributed by atoms with Crippen LogP contribution in [0.2, 0.25) is 0 Å². The van der Waals surface area contributed by atoms with Crippen molar-refractivity contribution in [3.8, 4) is 17.2 Å². The molecule has 6 N–H and O–H groups in total. The van der Waals surface area contributed by atoms with Crippen molar-refractivity contribution in [1.29, 1.82) is 0 Å². The van der Waals surface area contributed by atoms with Crippen molar-refractivity contribution in [2.45, 2.75) is 12.3 Å². The van der Waals surface area contributed by atoms with Gasteiger partial charge >= 0.3 is 11.9 Å². The number of fused-ring (bicyclic) bond motifs is 1. The number of aromatic carboxylic acids is 2. The zero-order valence-corrected chi connectivity index (χ0v) is 31.9. The number of aromatic hydroxyl groups is 3. The van der Waals surface area contributed by atoms with Crippen molar-refractivity contribution >= 4 is 23.5 Å². The van der Waals surface area contributed by atoms with Crippen molar-refractivity contribution in [1.82, 2.24) is 0 Å². The Morgan fingerprint density at radius 1 is 0.519 bits per heavy atom. The van der Waals surface area contributed by atoms with E-state index in [0.29, 0.717) is 27.8 Å². The second-order valence-electron chi connectivity index (χ2n) is 11.0. The Labute approximate surface area is 337 Å². The topological polar surface area (TPSA) is 190 Å². The van der Waals surface area contributed by atoms with Crippen LogP contribution in [0.15, 0.2) is 146 Å². The molecule has 0 aromatic heterocycles. The maximum Gasteiger partial charge on any atom is 0.311 e. The fourth-order valence-electron chi connectivity index (χ4n) is 4.83. The maximum atomic E-state index is 12.2. The molecule has 0 amide bonds. The van der Waals surface area contributed by atoms with Crippen LogP contribution in [0.1, 0.15) is 64.0 Å². The number of carbonyl (C=O) groups excluding carboxylic acids is 2. The first-order chi connectivity index (χ1) is 25.5. The number of carbonyl (C=O) groups is 4. The van der Waals surface area contributed by atoms with Crippen molar-refractivity contribution in [2.75, 3.05) is 7.11 Å². The Morgan fingerprint density at radius 2 is 0.833 bits per heavy atom. The third kappa shape index (κ3) is 13.6. The van der Waals surface area contributed by atoms with Crippen LogP contribution in [0.3, 0.4) is 0 Å². The Hall–Kier alpha value is -5.94. The number of phenolic OH excluding ortho intramolecular Hbond substituents is 3. The van der Waals surface area contributed by atoms with E-state index >= 15 is 0 Å². The van der Waals surface area contributed by atoms with Crippen LogP contribution >= 0.6 is 0 Å². The molecule has 6 aromatic carbocycles. The fraction of sp³-hybridized carbons (Fsp3) is 0.0698. The molecular weight excluding hydrogens is 765 g/mol. The largest absolute Gasteiger partial charge is 0.508 e. The standard InChI is InChI=1S/C15H10O3.C13H12O2.2C7H5O2.CH4O.Y/c16-10-7-5-9(6-8-10)13-14(17)11-3-1-2-4-12(11)15(13)18;14-12-5-1-10(2-6-12)9-11-3-7-13(15)8-4-11;2*8-7(9)6-4-2-1-3-5-6;1-2;/h1-8,13,16H;1-8,14-15H,9H2;2*2-5H,(H,8,9);2H,1H3;/q;;2*-1;;. The first-order valence-corrected chi connectivity index (χ1v) is 15.9. The average Bonchev–Trinajstić information content (AvgIpc) is 3.45. The molecule has 10 nitrogen and oxygen atoms in total. The molecule has 11 heteroatoms. The van der Waals surface area contributed by atoms with E-state index in [1.54, 1.807) is 84.9 Å². The molecule has 0 bridgehead atoms. The summed E-state index contributed by atoms with van der Waals surface area (Å²) in [4.78, 5) is 44.8. The van der Waals surface area contributed by atoms with Crippen molar-refractivity contribution in [3.63, 3.8) is 0 Å². The Balaban J connectivity index is 0.000000254. The summed E-state index contributed by atoms with van der Waals surface area (Å²) in [6, 6.07) is 45.1. The van der Waals surface area contributed by atoms with Gasteiger partial charge in [0.05, 0.1) is 0 Å². The molecule has 273 valence electrons. The number of phenols is 3. The van der Waals surface area contributed by atoms with Gasteiger partial charge in [-0.3, -0.25) is 9.59 Å². The minimum atomic E-state index is -0.899. The maximum absolute atomic E-state index is 12.2. The number of hydrogen-bond donors (Lipinski definition) is 6. The molecule has 0 atom stereocenters. The number of hydrogen-bond acceptors (Lipinski definition) is 8. The first-order valence-electron chi connectivity index (χ1n) is 15.9. The van der Waals surface area contributed by atoms with Crippen LogP contribution < -0.4 is 0 Å². The molecule has 0 spiro atoms. The van der Waals surface area contributed by atoms with E-state index in [4.69, 9.17) is 25.5 Å².